The third kappa shape index (κ3) is 46.6. The van der Waals surface area contributed by atoms with Crippen LogP contribution in [0, 0.1) is 112 Å². The van der Waals surface area contributed by atoms with Crippen LogP contribution in [0.15, 0.2) is 96.1 Å². The predicted molar refractivity (Wildman–Crippen MR) is 383 cm³/mol. The van der Waals surface area contributed by atoms with Crippen LogP contribution in [0.4, 0.5) is 8.78 Å². The fraction of sp³-hybridized carbons (Fsp3) is 0.707. The normalized spacial score (nSPS) is 29.1. The van der Waals surface area contributed by atoms with E-state index in [2.05, 4.69) is 159 Å². The molecule has 5 fully saturated rings. The summed E-state index contributed by atoms with van der Waals surface area (Å²) >= 11 is 0. The Morgan fingerprint density at radius 1 is 0.300 bits per heavy atom. The van der Waals surface area contributed by atoms with Crippen LogP contribution in [-0.4, -0.2) is 64.4 Å². The molecule has 8 aliphatic rings. The molecular weight excluding hydrogens is 1120 g/mol. The van der Waals surface area contributed by atoms with Crippen LogP contribution in [0.5, 0.6) is 0 Å². The minimum Gasteiger partial charge on any atom is -0.378 e. The minimum atomic E-state index is -0.116. The Morgan fingerprint density at radius 2 is 0.589 bits per heavy atom. The van der Waals surface area contributed by atoms with Gasteiger partial charge in [-0.1, -0.05) is 190 Å². The van der Waals surface area contributed by atoms with Crippen LogP contribution in [-0.2, 0) is 28.4 Å². The van der Waals surface area contributed by atoms with E-state index in [9.17, 15) is 8.78 Å². The molecule has 4 heterocycles. The number of benzene rings is 3. The number of allylic oxidation sites excluding steroid dienone is 6. The summed E-state index contributed by atoms with van der Waals surface area (Å²) in [5, 5.41) is 0. The average Bonchev–Trinajstić information content (AvgIpc) is 3.67. The van der Waals surface area contributed by atoms with Gasteiger partial charge in [-0.05, 0) is 242 Å². The van der Waals surface area contributed by atoms with Crippen molar-refractivity contribution in [1.82, 2.24) is 0 Å². The quantitative estimate of drug-likeness (QED) is 0.209. The highest BCUT2D eigenvalue weighted by Crippen LogP contribution is 2.28. The lowest BCUT2D eigenvalue weighted by Gasteiger charge is -2.24. The van der Waals surface area contributed by atoms with Crippen LogP contribution in [0.1, 0.15) is 247 Å². The Labute approximate surface area is 554 Å². The predicted octanol–water partition coefficient (Wildman–Crippen LogP) is 23.8. The summed E-state index contributed by atoms with van der Waals surface area (Å²) < 4.78 is 56.6. The van der Waals surface area contributed by atoms with E-state index in [0.717, 1.165) is 98.1 Å². The Kier molecular flexibility index (Phi) is 46.9. The first-order valence-corrected chi connectivity index (χ1v) is 35.7. The Bertz CT molecular complexity index is 2030. The van der Waals surface area contributed by atoms with Crippen LogP contribution in [0.3, 0.4) is 0 Å². The molecule has 6 nitrogen and oxygen atoms in total. The standard InChI is InChI=1S/2C8H9F.C8H16.3C8H14.C8H10.2C7H14O.2C6H12O2/c2*1-6-3-4-7(2)8(9)5-6;5*1-7-3-5-8(2)6-4-7;2*1-6-3-4-7(2)8-5-6;2*1-5-3-7-6(2)8-4-5/h2*3-5H,1-2H3;7-8H,3-6H2,1-2H3;2*3,8H,4-6H2,1-2H3;3,5,7-8H,4,6H2,1-2H3;3-6H,1-2H3;2*6-7H,3-5H2,1-2H3;2*5-6H,3-4H2,1-2H3. The molecule has 4 aliphatic carbocycles. The molecule has 8 atom stereocenters. The van der Waals surface area contributed by atoms with E-state index >= 15 is 0 Å². The number of ether oxygens (including phenoxy) is 6. The van der Waals surface area contributed by atoms with Crippen molar-refractivity contribution < 1.29 is 37.2 Å². The van der Waals surface area contributed by atoms with Gasteiger partial charge < -0.3 is 28.4 Å². The van der Waals surface area contributed by atoms with E-state index in [1.807, 2.05) is 39.8 Å². The van der Waals surface area contributed by atoms with Gasteiger partial charge in [0.25, 0.3) is 0 Å². The zero-order valence-corrected chi connectivity index (χ0v) is 61.9. The minimum absolute atomic E-state index is 0.0196. The summed E-state index contributed by atoms with van der Waals surface area (Å²) in [6.07, 6.45) is 32.4. The first kappa shape index (κ1) is 84.5. The van der Waals surface area contributed by atoms with Gasteiger partial charge >= 0.3 is 0 Å². The smallest absolute Gasteiger partial charge is 0.154 e. The van der Waals surface area contributed by atoms with Crippen LogP contribution in [0.25, 0.3) is 0 Å². The molecule has 4 aliphatic heterocycles. The van der Waals surface area contributed by atoms with Gasteiger partial charge in [0.15, 0.2) is 12.6 Å². The second-order valence-electron chi connectivity index (χ2n) is 29.1. The van der Waals surface area contributed by atoms with Gasteiger partial charge in [-0.2, -0.15) is 0 Å². The van der Waals surface area contributed by atoms with Crippen molar-refractivity contribution in [3.63, 3.8) is 0 Å². The van der Waals surface area contributed by atoms with Crippen molar-refractivity contribution in [2.45, 2.75) is 280 Å². The number of hydrogen-bond acceptors (Lipinski definition) is 6. The Balaban J connectivity index is 0.000000495. The highest BCUT2D eigenvalue weighted by atomic mass is 19.1. The van der Waals surface area contributed by atoms with Crippen molar-refractivity contribution in [3.05, 3.63) is 141 Å². The lowest BCUT2D eigenvalue weighted by Crippen LogP contribution is -2.27. The molecule has 11 rings (SSSR count). The van der Waals surface area contributed by atoms with Gasteiger partial charge in [-0.25, -0.2) is 8.78 Å². The van der Waals surface area contributed by atoms with Crippen molar-refractivity contribution in [2.24, 2.45) is 59.2 Å². The maximum absolute atomic E-state index is 12.6. The third-order valence-electron chi connectivity index (χ3n) is 17.7. The summed E-state index contributed by atoms with van der Waals surface area (Å²) in [7, 11) is 0. The lowest BCUT2D eigenvalue weighted by atomic mass is 9.84. The van der Waals surface area contributed by atoms with Crippen LogP contribution >= 0.6 is 0 Å². The van der Waals surface area contributed by atoms with E-state index < -0.39 is 0 Å². The summed E-state index contributed by atoms with van der Waals surface area (Å²) in [6, 6.07) is 18.9. The van der Waals surface area contributed by atoms with E-state index in [0.29, 0.717) is 35.2 Å². The largest absolute Gasteiger partial charge is 0.378 e. The summed E-state index contributed by atoms with van der Waals surface area (Å²) in [6.45, 7) is 52.1. The fourth-order valence-electron chi connectivity index (χ4n) is 10.2. The molecule has 516 valence electrons. The number of aryl methyl sites for hydroxylation is 6. The highest BCUT2D eigenvalue weighted by Gasteiger charge is 2.17. The van der Waals surface area contributed by atoms with Crippen molar-refractivity contribution in [3.8, 4) is 0 Å². The molecular formula is C82H138F2O6. The first-order valence-electron chi connectivity index (χ1n) is 35.7. The number of rotatable bonds is 0. The van der Waals surface area contributed by atoms with Gasteiger partial charge in [0, 0.05) is 25.0 Å². The molecule has 8 unspecified atom stereocenters. The van der Waals surface area contributed by atoms with E-state index in [4.69, 9.17) is 28.4 Å². The van der Waals surface area contributed by atoms with Crippen LogP contribution in [0.2, 0.25) is 0 Å². The van der Waals surface area contributed by atoms with Crippen molar-refractivity contribution in [2.75, 3.05) is 39.6 Å². The van der Waals surface area contributed by atoms with Gasteiger partial charge in [0.2, 0.25) is 0 Å². The molecule has 8 heteroatoms. The molecule has 0 N–H and O–H groups in total. The van der Waals surface area contributed by atoms with Gasteiger partial charge in [-0.3, -0.25) is 0 Å². The second-order valence-corrected chi connectivity index (χ2v) is 29.1. The molecule has 1 saturated carbocycles. The SMILES string of the molecule is CC1=CCC(C)CC1.CC1=CCC(C)CC1.CC1C=CC(C)CC1.CC1CCC(C)CC1.CC1CCC(C)OC1.CC1CCC(C)OC1.CC1COC(C)OC1.CC1COC(C)OC1.Cc1ccc(C)c(F)c1.Cc1ccc(C)c(F)c1.Cc1ccc(C)cc1. The Morgan fingerprint density at radius 3 is 0.800 bits per heavy atom. The second kappa shape index (κ2) is 50.0. The lowest BCUT2D eigenvalue weighted by molar-refractivity contribution is -0.187. The average molecular weight is 1260 g/mol. The van der Waals surface area contributed by atoms with Crippen LogP contribution < -0.4 is 0 Å². The molecule has 3 aromatic rings. The molecule has 0 radical (unpaired) electrons. The molecule has 0 aromatic heterocycles. The van der Waals surface area contributed by atoms with Crippen molar-refractivity contribution >= 4 is 0 Å². The molecule has 3 aromatic carbocycles. The summed E-state index contributed by atoms with van der Waals surface area (Å²) in [4.78, 5) is 0. The maximum Gasteiger partial charge on any atom is 0.154 e. The molecule has 90 heavy (non-hydrogen) atoms. The van der Waals surface area contributed by atoms with E-state index in [1.165, 1.54) is 126 Å². The van der Waals surface area contributed by atoms with Gasteiger partial charge in [0.1, 0.15) is 11.6 Å². The number of halogens is 2. The first-order chi connectivity index (χ1) is 42.5. The van der Waals surface area contributed by atoms with E-state index in [1.54, 1.807) is 37.1 Å². The Hall–Kier alpha value is -3.50. The molecule has 0 spiro atoms. The van der Waals surface area contributed by atoms with E-state index in [-0.39, 0.29) is 24.2 Å². The third-order valence-corrected chi connectivity index (χ3v) is 17.7. The molecule has 4 saturated heterocycles. The maximum atomic E-state index is 12.6. The summed E-state index contributed by atoms with van der Waals surface area (Å²) in [5.74, 6) is 8.12. The number of hydrogen-bond donors (Lipinski definition) is 0. The monoisotopic (exact) mass is 1260 g/mol. The topological polar surface area (TPSA) is 55.4 Å². The summed E-state index contributed by atoms with van der Waals surface area (Å²) in [5.41, 5.74) is 9.19. The molecule has 0 bridgehead atoms. The molecule has 0 amide bonds. The van der Waals surface area contributed by atoms with Gasteiger partial charge in [-0.15, -0.1) is 0 Å². The van der Waals surface area contributed by atoms with Gasteiger partial charge in [0.05, 0.1) is 38.6 Å². The van der Waals surface area contributed by atoms with Crippen molar-refractivity contribution in [1.29, 1.82) is 0 Å². The zero-order valence-electron chi connectivity index (χ0n) is 61.9. The highest BCUT2D eigenvalue weighted by molar-refractivity contribution is 5.23. The fourth-order valence-corrected chi connectivity index (χ4v) is 10.2. The zero-order chi connectivity index (χ0) is 67.6.